The Kier molecular flexibility index (Phi) is 4.51. The van der Waals surface area contributed by atoms with Crippen molar-refractivity contribution in [3.63, 3.8) is 0 Å². The molecule has 14 heavy (non-hydrogen) atoms. The van der Waals surface area contributed by atoms with Gasteiger partial charge in [0, 0.05) is 13.1 Å². The van der Waals surface area contributed by atoms with Crippen LogP contribution in [0.4, 0.5) is 0 Å². The Balaban J connectivity index is 2.63. The molecule has 1 rings (SSSR count). The first-order chi connectivity index (χ1) is 6.79. The molecule has 0 saturated heterocycles. The minimum Gasteiger partial charge on any atom is -0.395 e. The summed E-state index contributed by atoms with van der Waals surface area (Å²) >= 11 is 1.25. The predicted octanol–water partition coefficient (Wildman–Crippen LogP) is -0.430. The number of carbonyl (C=O) groups excluding carboxylic acids is 1. The molecule has 1 aromatic rings. The van der Waals surface area contributed by atoms with Gasteiger partial charge in [0.05, 0.1) is 24.9 Å². The first-order valence-corrected chi connectivity index (χ1v) is 5.07. The number of thiazole rings is 1. The Labute approximate surface area is 85.6 Å². The van der Waals surface area contributed by atoms with Crippen molar-refractivity contribution >= 4 is 17.2 Å². The molecule has 0 aliphatic carbocycles. The van der Waals surface area contributed by atoms with Gasteiger partial charge in [0.15, 0.2) is 0 Å². The van der Waals surface area contributed by atoms with E-state index in [1.165, 1.54) is 22.4 Å². The van der Waals surface area contributed by atoms with E-state index in [0.717, 1.165) is 0 Å². The normalized spacial score (nSPS) is 10.1. The van der Waals surface area contributed by atoms with Crippen molar-refractivity contribution in [1.29, 1.82) is 0 Å². The van der Waals surface area contributed by atoms with Crippen molar-refractivity contribution in [2.45, 2.75) is 0 Å². The lowest BCUT2D eigenvalue weighted by atomic mass is 10.4. The van der Waals surface area contributed by atoms with Crippen LogP contribution in [0.15, 0.2) is 11.7 Å². The van der Waals surface area contributed by atoms with Crippen LogP contribution >= 0.6 is 11.3 Å². The average Bonchev–Trinajstić information content (AvgIpc) is 2.69. The lowest BCUT2D eigenvalue weighted by Crippen LogP contribution is -2.35. The van der Waals surface area contributed by atoms with Crippen LogP contribution in [0.3, 0.4) is 0 Å². The Morgan fingerprint density at radius 3 is 2.50 bits per heavy atom. The summed E-state index contributed by atoms with van der Waals surface area (Å²) in [6.07, 6.45) is 1.48. The molecule has 0 spiro atoms. The summed E-state index contributed by atoms with van der Waals surface area (Å²) in [4.78, 5) is 17.4. The molecule has 0 saturated carbocycles. The van der Waals surface area contributed by atoms with E-state index in [1.54, 1.807) is 5.51 Å². The molecule has 0 aliphatic heterocycles. The zero-order chi connectivity index (χ0) is 10.4. The Hall–Kier alpha value is -0.980. The highest BCUT2D eigenvalue weighted by atomic mass is 32.1. The van der Waals surface area contributed by atoms with Crippen molar-refractivity contribution < 1.29 is 15.0 Å². The Morgan fingerprint density at radius 2 is 2.07 bits per heavy atom. The Bertz CT molecular complexity index is 270. The van der Waals surface area contributed by atoms with Crippen molar-refractivity contribution in [3.05, 3.63) is 16.6 Å². The average molecular weight is 216 g/mol. The lowest BCUT2D eigenvalue weighted by Gasteiger charge is -2.19. The summed E-state index contributed by atoms with van der Waals surface area (Å²) in [5.41, 5.74) is 1.57. The highest BCUT2D eigenvalue weighted by Crippen LogP contribution is 2.09. The van der Waals surface area contributed by atoms with Crippen LogP contribution in [0, 0.1) is 0 Å². The van der Waals surface area contributed by atoms with Gasteiger partial charge in [-0.25, -0.2) is 0 Å². The number of aliphatic hydroxyl groups excluding tert-OH is 2. The lowest BCUT2D eigenvalue weighted by molar-refractivity contribution is 0.0689. The van der Waals surface area contributed by atoms with Crippen LogP contribution in [0.25, 0.3) is 0 Å². The van der Waals surface area contributed by atoms with E-state index in [-0.39, 0.29) is 32.2 Å². The standard InChI is InChI=1S/C8H12N2O3S/c11-3-1-10(2-4-12)8(13)7-5-9-6-14-7/h5-6,11-12H,1-4H2. The highest BCUT2D eigenvalue weighted by molar-refractivity contribution is 7.11. The molecule has 5 nitrogen and oxygen atoms in total. The largest absolute Gasteiger partial charge is 0.395 e. The van der Waals surface area contributed by atoms with Crippen LogP contribution in [0.5, 0.6) is 0 Å². The molecule has 0 fully saturated rings. The zero-order valence-electron chi connectivity index (χ0n) is 7.59. The maximum absolute atomic E-state index is 11.7. The van der Waals surface area contributed by atoms with Gasteiger partial charge in [0.1, 0.15) is 4.88 Å². The molecule has 0 unspecified atom stereocenters. The van der Waals surface area contributed by atoms with Crippen molar-refractivity contribution in [2.24, 2.45) is 0 Å². The summed E-state index contributed by atoms with van der Waals surface area (Å²) in [5, 5.41) is 17.4. The fourth-order valence-electron chi connectivity index (χ4n) is 1.03. The van der Waals surface area contributed by atoms with E-state index >= 15 is 0 Å². The van der Waals surface area contributed by atoms with E-state index < -0.39 is 0 Å². The summed E-state index contributed by atoms with van der Waals surface area (Å²) in [5.74, 6) is -0.199. The second kappa shape index (κ2) is 5.69. The van der Waals surface area contributed by atoms with Gasteiger partial charge in [0.25, 0.3) is 5.91 Å². The van der Waals surface area contributed by atoms with E-state index in [2.05, 4.69) is 4.98 Å². The van der Waals surface area contributed by atoms with Gasteiger partial charge in [-0.15, -0.1) is 11.3 Å². The van der Waals surface area contributed by atoms with Gasteiger partial charge in [-0.05, 0) is 0 Å². The summed E-state index contributed by atoms with van der Waals surface area (Å²) in [6, 6.07) is 0. The maximum atomic E-state index is 11.7. The molecule has 6 heteroatoms. The first kappa shape index (κ1) is 11.1. The van der Waals surface area contributed by atoms with Crippen LogP contribution in [-0.4, -0.2) is 52.3 Å². The molecule has 0 aromatic carbocycles. The predicted molar refractivity (Wildman–Crippen MR) is 52.2 cm³/mol. The molecule has 1 heterocycles. The fraction of sp³-hybridized carbons (Fsp3) is 0.500. The number of rotatable bonds is 5. The quantitative estimate of drug-likeness (QED) is 0.700. The van der Waals surface area contributed by atoms with Crippen molar-refractivity contribution in [3.8, 4) is 0 Å². The van der Waals surface area contributed by atoms with Crippen LogP contribution in [-0.2, 0) is 0 Å². The topological polar surface area (TPSA) is 73.7 Å². The fourth-order valence-corrected chi connectivity index (χ4v) is 1.62. The van der Waals surface area contributed by atoms with Gasteiger partial charge in [-0.1, -0.05) is 0 Å². The molecular formula is C8H12N2O3S. The SMILES string of the molecule is O=C(c1cncs1)N(CCO)CCO. The maximum Gasteiger partial charge on any atom is 0.265 e. The smallest absolute Gasteiger partial charge is 0.265 e. The third kappa shape index (κ3) is 2.76. The van der Waals surface area contributed by atoms with Gasteiger partial charge < -0.3 is 15.1 Å². The third-order valence-electron chi connectivity index (χ3n) is 1.67. The number of carbonyl (C=O) groups is 1. The van der Waals surface area contributed by atoms with E-state index in [0.29, 0.717) is 4.88 Å². The molecule has 0 radical (unpaired) electrons. The van der Waals surface area contributed by atoms with E-state index in [1.807, 2.05) is 0 Å². The third-order valence-corrected chi connectivity index (χ3v) is 2.43. The number of amides is 1. The molecule has 0 bridgehead atoms. The molecule has 1 aromatic heterocycles. The van der Waals surface area contributed by atoms with Gasteiger partial charge in [0.2, 0.25) is 0 Å². The van der Waals surface area contributed by atoms with E-state index in [9.17, 15) is 4.79 Å². The van der Waals surface area contributed by atoms with E-state index in [4.69, 9.17) is 10.2 Å². The number of hydrogen-bond acceptors (Lipinski definition) is 5. The minimum atomic E-state index is -0.199. The van der Waals surface area contributed by atoms with Gasteiger partial charge >= 0.3 is 0 Å². The van der Waals surface area contributed by atoms with Gasteiger partial charge in [-0.3, -0.25) is 9.78 Å². The number of aliphatic hydroxyl groups is 2. The monoisotopic (exact) mass is 216 g/mol. The first-order valence-electron chi connectivity index (χ1n) is 4.19. The number of hydrogen-bond donors (Lipinski definition) is 2. The van der Waals surface area contributed by atoms with Crippen molar-refractivity contribution in [2.75, 3.05) is 26.3 Å². The molecule has 0 atom stereocenters. The second-order valence-corrected chi connectivity index (χ2v) is 3.49. The molecule has 2 N–H and O–H groups in total. The van der Waals surface area contributed by atoms with Crippen LogP contribution in [0.1, 0.15) is 9.67 Å². The van der Waals surface area contributed by atoms with Crippen LogP contribution in [0.2, 0.25) is 0 Å². The molecular weight excluding hydrogens is 204 g/mol. The molecule has 0 aliphatic rings. The van der Waals surface area contributed by atoms with Gasteiger partial charge in [-0.2, -0.15) is 0 Å². The number of aromatic nitrogens is 1. The second-order valence-electron chi connectivity index (χ2n) is 2.61. The summed E-state index contributed by atoms with van der Waals surface area (Å²) < 4.78 is 0. The van der Waals surface area contributed by atoms with Crippen LogP contribution < -0.4 is 0 Å². The highest BCUT2D eigenvalue weighted by Gasteiger charge is 2.15. The summed E-state index contributed by atoms with van der Waals surface area (Å²) in [6.45, 7) is 0.254. The number of nitrogens with zero attached hydrogens (tertiary/aromatic N) is 2. The molecule has 1 amide bonds. The minimum absolute atomic E-state index is 0.107. The Morgan fingerprint density at radius 1 is 1.43 bits per heavy atom. The summed E-state index contributed by atoms with van der Waals surface area (Å²) in [7, 11) is 0. The zero-order valence-corrected chi connectivity index (χ0v) is 8.40. The van der Waals surface area contributed by atoms with Crippen molar-refractivity contribution in [1.82, 2.24) is 9.88 Å². The molecule has 78 valence electrons.